The normalized spacial score (nSPS) is 11.9. The number of aliphatic imine (C=N–C) groups is 1. The zero-order valence-electron chi connectivity index (χ0n) is 4.63. The first kappa shape index (κ1) is 7.95. The average Bonchev–Trinajstić information content (AvgIpc) is 1.66. The zero-order valence-corrected chi connectivity index (χ0v) is 6.34. The van der Waals surface area contributed by atoms with Crippen LogP contribution >= 0.6 is 0 Å². The predicted molar refractivity (Wildman–Crippen MR) is 35.9 cm³/mol. The molecule has 0 amide bonds. The summed E-state index contributed by atoms with van der Waals surface area (Å²) in [6.45, 7) is 1.41. The molecule has 0 rings (SSSR count). The van der Waals surface area contributed by atoms with Crippen LogP contribution in [-0.2, 0) is 0 Å². The second-order valence-electron chi connectivity index (χ2n) is 1.36. The van der Waals surface area contributed by atoms with Crippen molar-refractivity contribution in [3.05, 3.63) is 0 Å². The molecule has 0 saturated heterocycles. The summed E-state index contributed by atoms with van der Waals surface area (Å²) in [6, 6.07) is 0. The van der Waals surface area contributed by atoms with E-state index in [2.05, 4.69) is 21.0 Å². The molecule has 0 aromatic rings. The van der Waals surface area contributed by atoms with Gasteiger partial charge in [0.1, 0.15) is 0 Å². The summed E-state index contributed by atoms with van der Waals surface area (Å²) in [5, 5.41) is 0. The molecule has 0 aliphatic rings. The van der Waals surface area contributed by atoms with Crippen molar-refractivity contribution in [1.29, 1.82) is 0 Å². The first-order valence-corrected chi connectivity index (χ1v) is 3.30. The van der Waals surface area contributed by atoms with E-state index in [1.807, 2.05) is 0 Å². The van der Waals surface area contributed by atoms with E-state index in [0.717, 1.165) is 13.0 Å². The Morgan fingerprint density at radius 2 is 2.25 bits per heavy atom. The third-order valence-corrected chi connectivity index (χ3v) is 0.901. The molecule has 0 aromatic heterocycles. The molecule has 0 heterocycles. The number of rotatable bonds is 3. The summed E-state index contributed by atoms with van der Waals surface area (Å²) in [5.74, 6) is 0. The molecular weight excluding hydrogens is 169 g/mol. The van der Waals surface area contributed by atoms with Gasteiger partial charge in [-0.2, -0.15) is 0 Å². The van der Waals surface area contributed by atoms with Crippen molar-refractivity contribution in [2.45, 2.75) is 6.42 Å². The monoisotopic (exact) mass is 180 g/mol. The molecule has 0 aromatic carbocycles. The third-order valence-electron chi connectivity index (χ3n) is 0.630. The Hall–Kier alpha value is -0.0505. The molecule has 4 N–H and O–H groups in total. The van der Waals surface area contributed by atoms with Gasteiger partial charge in [0.05, 0.1) is 0 Å². The summed E-state index contributed by atoms with van der Waals surface area (Å²) in [4.78, 5) is 3.87. The van der Waals surface area contributed by atoms with Gasteiger partial charge in [-0.15, -0.1) is 0 Å². The minimum absolute atomic E-state index is 0.512. The molecule has 4 heteroatoms. The van der Waals surface area contributed by atoms with Crippen LogP contribution in [0.1, 0.15) is 6.42 Å². The van der Waals surface area contributed by atoms with E-state index in [1.165, 1.54) is 0 Å². The van der Waals surface area contributed by atoms with Crippen LogP contribution in [0.3, 0.4) is 0 Å². The molecular formula is C4H10N3Se. The van der Waals surface area contributed by atoms with Crippen LogP contribution in [0.2, 0.25) is 0 Å². The maximum atomic E-state index is 5.19. The topological polar surface area (TPSA) is 64.4 Å². The summed E-state index contributed by atoms with van der Waals surface area (Å²) < 4.78 is 0.512. The Kier molecular flexibility index (Phi) is 5.06. The predicted octanol–water partition coefficient (Wildman–Crippen LogP) is -1.18. The van der Waals surface area contributed by atoms with Crippen molar-refractivity contribution >= 4 is 20.7 Å². The Morgan fingerprint density at radius 1 is 1.62 bits per heavy atom. The van der Waals surface area contributed by atoms with Crippen molar-refractivity contribution in [2.75, 3.05) is 13.1 Å². The zero-order chi connectivity index (χ0) is 6.41. The SMILES string of the molecule is NCCCN=C(N)[Se]. The van der Waals surface area contributed by atoms with Gasteiger partial charge in [0.25, 0.3) is 0 Å². The number of hydrogen-bond acceptors (Lipinski definition) is 2. The van der Waals surface area contributed by atoms with Gasteiger partial charge < -0.3 is 0 Å². The van der Waals surface area contributed by atoms with Crippen molar-refractivity contribution in [1.82, 2.24) is 0 Å². The minimum atomic E-state index is 0.512. The van der Waals surface area contributed by atoms with Crippen molar-refractivity contribution < 1.29 is 0 Å². The van der Waals surface area contributed by atoms with Gasteiger partial charge in [-0.1, -0.05) is 0 Å². The fourth-order valence-corrected chi connectivity index (χ4v) is 0.472. The van der Waals surface area contributed by atoms with Crippen molar-refractivity contribution in [2.24, 2.45) is 16.5 Å². The fraction of sp³-hybridized carbons (Fsp3) is 0.750. The van der Waals surface area contributed by atoms with Gasteiger partial charge in [-0.3, -0.25) is 0 Å². The molecule has 0 atom stereocenters. The van der Waals surface area contributed by atoms with Crippen LogP contribution in [0, 0.1) is 0 Å². The van der Waals surface area contributed by atoms with E-state index in [-0.39, 0.29) is 0 Å². The first-order chi connectivity index (χ1) is 3.77. The van der Waals surface area contributed by atoms with Gasteiger partial charge in [-0.05, 0) is 0 Å². The molecule has 0 bridgehead atoms. The standard InChI is InChI=1S/C4H10N3Se/c5-2-1-3-7-4(6)8/h1-3,5H2,(H2,6,7). The van der Waals surface area contributed by atoms with E-state index in [4.69, 9.17) is 11.5 Å². The molecule has 0 aliphatic heterocycles. The van der Waals surface area contributed by atoms with Crippen LogP contribution in [-0.4, -0.2) is 33.8 Å². The van der Waals surface area contributed by atoms with Crippen LogP contribution < -0.4 is 11.5 Å². The summed E-state index contributed by atoms with van der Waals surface area (Å²) >= 11 is 2.59. The van der Waals surface area contributed by atoms with Crippen LogP contribution in [0.4, 0.5) is 0 Å². The molecule has 0 aliphatic carbocycles. The molecule has 1 radical (unpaired) electrons. The summed E-state index contributed by atoms with van der Waals surface area (Å²) in [7, 11) is 0. The van der Waals surface area contributed by atoms with E-state index < -0.39 is 0 Å². The van der Waals surface area contributed by atoms with Crippen LogP contribution in [0.25, 0.3) is 0 Å². The summed E-state index contributed by atoms with van der Waals surface area (Å²) in [5.41, 5.74) is 10.4. The number of hydrogen-bond donors (Lipinski definition) is 2. The van der Waals surface area contributed by atoms with Gasteiger partial charge in [0.15, 0.2) is 0 Å². The number of nitrogens with two attached hydrogens (primary N) is 2. The molecule has 47 valence electrons. The number of nitrogens with zero attached hydrogens (tertiary/aromatic N) is 1. The second-order valence-corrected chi connectivity index (χ2v) is 2.24. The molecule has 0 spiro atoms. The first-order valence-electron chi connectivity index (χ1n) is 2.44. The number of amidine groups is 1. The molecule has 3 nitrogen and oxygen atoms in total. The van der Waals surface area contributed by atoms with Gasteiger partial charge in [-0.25, -0.2) is 0 Å². The molecule has 0 unspecified atom stereocenters. The summed E-state index contributed by atoms with van der Waals surface area (Å²) in [6.07, 6.45) is 0.905. The van der Waals surface area contributed by atoms with E-state index >= 15 is 0 Å². The van der Waals surface area contributed by atoms with E-state index in [9.17, 15) is 0 Å². The maximum absolute atomic E-state index is 5.19. The second kappa shape index (κ2) is 5.09. The Morgan fingerprint density at radius 3 is 2.62 bits per heavy atom. The van der Waals surface area contributed by atoms with E-state index in [0.29, 0.717) is 11.3 Å². The van der Waals surface area contributed by atoms with Gasteiger partial charge in [0.2, 0.25) is 0 Å². The van der Waals surface area contributed by atoms with E-state index in [1.54, 1.807) is 0 Å². The molecule has 0 fully saturated rings. The molecule has 8 heavy (non-hydrogen) atoms. The Bertz CT molecular complexity index is 77.4. The Labute approximate surface area is 57.3 Å². The van der Waals surface area contributed by atoms with Crippen molar-refractivity contribution in [3.63, 3.8) is 0 Å². The molecule has 0 saturated carbocycles. The quantitative estimate of drug-likeness (QED) is 0.248. The van der Waals surface area contributed by atoms with Gasteiger partial charge in [0, 0.05) is 0 Å². The third kappa shape index (κ3) is 5.95. The fourth-order valence-electron chi connectivity index (χ4n) is 0.281. The average molecular weight is 179 g/mol. The van der Waals surface area contributed by atoms with Crippen molar-refractivity contribution in [3.8, 4) is 0 Å². The van der Waals surface area contributed by atoms with Crippen LogP contribution in [0.5, 0.6) is 0 Å². The Balaban J connectivity index is 3.03. The van der Waals surface area contributed by atoms with Crippen LogP contribution in [0.15, 0.2) is 4.99 Å². The van der Waals surface area contributed by atoms with Gasteiger partial charge >= 0.3 is 56.7 Å².